The second kappa shape index (κ2) is 7.59. The van der Waals surface area contributed by atoms with E-state index in [1.165, 1.54) is 0 Å². The number of rotatable bonds is 6. The van der Waals surface area contributed by atoms with E-state index in [0.717, 1.165) is 11.1 Å². The van der Waals surface area contributed by atoms with E-state index in [-0.39, 0.29) is 24.2 Å². The minimum Gasteiger partial charge on any atom is -0.401 e. The van der Waals surface area contributed by atoms with Crippen LogP contribution in [0.2, 0.25) is 0 Å². The third kappa shape index (κ3) is 3.95. The summed E-state index contributed by atoms with van der Waals surface area (Å²) in [5, 5.41) is -1.87. The predicted molar refractivity (Wildman–Crippen MR) is 96.9 cm³/mol. The first-order chi connectivity index (χ1) is 13.9. The number of hydrogen-bond donors (Lipinski definition) is 0. The van der Waals surface area contributed by atoms with Crippen molar-refractivity contribution in [3.05, 3.63) is 95.2 Å². The molecule has 9 heteroatoms. The summed E-state index contributed by atoms with van der Waals surface area (Å²) in [4.78, 5) is 7.45. The maximum Gasteiger partial charge on any atom is 0.327 e. The van der Waals surface area contributed by atoms with Crippen LogP contribution in [0, 0.1) is 12.0 Å². The molecule has 0 radical (unpaired) electrons. The van der Waals surface area contributed by atoms with E-state index in [1.54, 1.807) is 60.7 Å². The summed E-state index contributed by atoms with van der Waals surface area (Å²) < 4.78 is 62.8. The van der Waals surface area contributed by atoms with E-state index >= 15 is 0 Å². The van der Waals surface area contributed by atoms with E-state index < -0.39 is 32.3 Å². The molecular formula is C20H14F2N2O4S. The van der Waals surface area contributed by atoms with Gasteiger partial charge in [-0.2, -0.15) is 8.78 Å². The molecule has 0 unspecified atom stereocenters. The van der Waals surface area contributed by atoms with Crippen molar-refractivity contribution >= 4 is 9.84 Å². The van der Waals surface area contributed by atoms with Crippen LogP contribution in [0.4, 0.5) is 8.78 Å². The van der Waals surface area contributed by atoms with Crippen molar-refractivity contribution in [2.75, 3.05) is 0 Å². The molecule has 0 aliphatic heterocycles. The Morgan fingerprint density at radius 3 is 1.45 bits per heavy atom. The summed E-state index contributed by atoms with van der Waals surface area (Å²) >= 11 is 0. The molecule has 0 spiro atoms. The molecule has 0 saturated heterocycles. The van der Waals surface area contributed by atoms with Crippen LogP contribution < -0.4 is 0 Å². The van der Waals surface area contributed by atoms with E-state index in [4.69, 9.17) is 0 Å². The van der Waals surface area contributed by atoms with E-state index in [0.29, 0.717) is 0 Å². The first-order valence-corrected chi connectivity index (χ1v) is 10.0. The minimum atomic E-state index is -4.56. The Kier molecular flexibility index (Phi) is 4.98. The summed E-state index contributed by atoms with van der Waals surface area (Å²) in [6, 6.07) is 15.3. The fraction of sp³-hybridized carbons (Fsp3) is 0.100. The Labute approximate surface area is 164 Å². The second-order valence-electron chi connectivity index (χ2n) is 6.23. The standard InChI is InChI=1S/C20H14F2N2O4S/c21-17-15(11-13-7-3-1-4-8-13)23-19(27-17)29(25,26)20-24-16(18(22)28-20)12-14-9-5-2-6-10-14/h1-10H,11-12H2. The number of oxazole rings is 2. The summed E-state index contributed by atoms with van der Waals surface area (Å²) in [5.41, 5.74) is 1.06. The van der Waals surface area contributed by atoms with Crippen LogP contribution in [-0.2, 0) is 22.7 Å². The fourth-order valence-corrected chi connectivity index (χ4v) is 3.70. The fourth-order valence-electron chi connectivity index (χ4n) is 2.73. The van der Waals surface area contributed by atoms with Crippen LogP contribution in [0.5, 0.6) is 0 Å². The number of benzene rings is 2. The molecule has 29 heavy (non-hydrogen) atoms. The van der Waals surface area contributed by atoms with Gasteiger partial charge < -0.3 is 8.83 Å². The second-order valence-corrected chi connectivity index (χ2v) is 7.93. The van der Waals surface area contributed by atoms with Gasteiger partial charge in [-0.15, -0.1) is 0 Å². The Morgan fingerprint density at radius 1 is 0.690 bits per heavy atom. The molecular weight excluding hydrogens is 402 g/mol. The van der Waals surface area contributed by atoms with Gasteiger partial charge in [-0.1, -0.05) is 60.7 Å². The average molecular weight is 416 g/mol. The topological polar surface area (TPSA) is 86.2 Å². The molecule has 0 atom stereocenters. The van der Waals surface area contributed by atoms with Gasteiger partial charge in [0, 0.05) is 12.8 Å². The molecule has 0 amide bonds. The molecule has 148 valence electrons. The number of aromatic nitrogens is 2. The Morgan fingerprint density at radius 2 is 1.07 bits per heavy atom. The minimum absolute atomic E-state index is 0.0326. The molecule has 0 fully saturated rings. The largest absolute Gasteiger partial charge is 0.401 e. The molecule has 0 saturated carbocycles. The van der Waals surface area contributed by atoms with Crippen LogP contribution in [0.15, 0.2) is 79.9 Å². The molecule has 6 nitrogen and oxygen atoms in total. The number of hydrogen-bond acceptors (Lipinski definition) is 6. The van der Waals surface area contributed by atoms with Crippen molar-refractivity contribution in [2.45, 2.75) is 23.3 Å². The van der Waals surface area contributed by atoms with Gasteiger partial charge in [-0.05, 0) is 11.1 Å². The SMILES string of the molecule is O=S(=O)(c1nc(Cc2ccccc2)c(F)o1)c1nc(Cc2ccccc2)c(F)o1. The third-order valence-corrected chi connectivity index (χ3v) is 5.42. The summed E-state index contributed by atoms with van der Waals surface area (Å²) in [6.07, 6.45) is 0.0653. The van der Waals surface area contributed by atoms with Gasteiger partial charge in [0.15, 0.2) is 0 Å². The van der Waals surface area contributed by atoms with E-state index in [1.807, 2.05) is 0 Å². The van der Waals surface area contributed by atoms with E-state index in [2.05, 4.69) is 18.8 Å². The molecule has 0 aliphatic carbocycles. The van der Waals surface area contributed by atoms with Crippen LogP contribution in [0.1, 0.15) is 22.5 Å². The zero-order valence-corrected chi connectivity index (χ0v) is 15.7. The number of sulfone groups is 1. The van der Waals surface area contributed by atoms with Crippen LogP contribution in [0.3, 0.4) is 0 Å². The molecule has 0 bridgehead atoms. The molecule has 4 aromatic rings. The number of nitrogens with zero attached hydrogens (tertiary/aromatic N) is 2. The lowest BCUT2D eigenvalue weighted by molar-refractivity contribution is 0.280. The van der Waals surface area contributed by atoms with Crippen molar-refractivity contribution in [3.8, 4) is 0 Å². The van der Waals surface area contributed by atoms with Crippen molar-refractivity contribution in [1.29, 1.82) is 0 Å². The predicted octanol–water partition coefficient (Wildman–Crippen LogP) is 3.96. The van der Waals surface area contributed by atoms with Crippen molar-refractivity contribution in [3.63, 3.8) is 0 Å². The lowest BCUT2D eigenvalue weighted by Gasteiger charge is -1.96. The monoisotopic (exact) mass is 416 g/mol. The normalized spacial score (nSPS) is 11.7. The third-order valence-electron chi connectivity index (χ3n) is 4.15. The smallest absolute Gasteiger partial charge is 0.327 e. The van der Waals surface area contributed by atoms with Crippen molar-refractivity contribution in [2.24, 2.45) is 0 Å². The maximum atomic E-state index is 14.1. The quantitative estimate of drug-likeness (QED) is 0.473. The van der Waals surface area contributed by atoms with Crippen LogP contribution >= 0.6 is 0 Å². The number of halogens is 2. The molecule has 2 heterocycles. The molecule has 0 N–H and O–H groups in total. The first kappa shape index (κ1) is 19.0. The highest BCUT2D eigenvalue weighted by molar-refractivity contribution is 7.91. The summed E-state index contributed by atoms with van der Waals surface area (Å²) in [5.74, 6) is 0. The molecule has 0 aliphatic rings. The Hall–Kier alpha value is -3.33. The summed E-state index contributed by atoms with van der Waals surface area (Å²) in [6.45, 7) is 0. The van der Waals surface area contributed by atoms with Gasteiger partial charge in [0.05, 0.1) is 0 Å². The van der Waals surface area contributed by atoms with E-state index in [9.17, 15) is 17.2 Å². The first-order valence-electron chi connectivity index (χ1n) is 8.57. The zero-order valence-electron chi connectivity index (χ0n) is 14.9. The molecule has 4 rings (SSSR count). The van der Waals surface area contributed by atoms with Gasteiger partial charge in [0.2, 0.25) is 0 Å². The van der Waals surface area contributed by atoms with Gasteiger partial charge in [0.25, 0.3) is 0 Å². The maximum absolute atomic E-state index is 14.1. The van der Waals surface area contributed by atoms with Crippen LogP contribution in [-0.4, -0.2) is 18.4 Å². The highest BCUT2D eigenvalue weighted by Crippen LogP contribution is 2.25. The Balaban J connectivity index is 1.62. The average Bonchev–Trinajstić information content (AvgIpc) is 3.27. The lowest BCUT2D eigenvalue weighted by atomic mass is 10.1. The van der Waals surface area contributed by atoms with Gasteiger partial charge in [0.1, 0.15) is 11.4 Å². The van der Waals surface area contributed by atoms with Crippen LogP contribution in [0.25, 0.3) is 0 Å². The summed E-state index contributed by atoms with van der Waals surface area (Å²) in [7, 11) is -4.56. The highest BCUT2D eigenvalue weighted by atomic mass is 32.2. The van der Waals surface area contributed by atoms with Gasteiger partial charge in [-0.25, -0.2) is 18.4 Å². The van der Waals surface area contributed by atoms with Gasteiger partial charge >= 0.3 is 32.3 Å². The lowest BCUT2D eigenvalue weighted by Crippen LogP contribution is -2.04. The van der Waals surface area contributed by atoms with Gasteiger partial charge in [-0.3, -0.25) is 0 Å². The molecule has 2 aromatic carbocycles. The van der Waals surface area contributed by atoms with Crippen molar-refractivity contribution in [1.82, 2.24) is 9.97 Å². The highest BCUT2D eigenvalue weighted by Gasteiger charge is 2.33. The Bertz CT molecular complexity index is 1140. The van der Waals surface area contributed by atoms with Crippen molar-refractivity contribution < 1.29 is 26.0 Å². The zero-order chi connectivity index (χ0) is 20.4. The molecule has 2 aromatic heterocycles.